The van der Waals surface area contributed by atoms with Gasteiger partial charge in [0.25, 0.3) is 0 Å². The number of aliphatic hydroxyl groups excluding tert-OH is 3. The lowest BCUT2D eigenvalue weighted by Gasteiger charge is -2.63. The Hall–Kier alpha value is -5.06. The van der Waals surface area contributed by atoms with Crippen molar-refractivity contribution in [2.75, 3.05) is 66.1 Å². The van der Waals surface area contributed by atoms with Crippen molar-refractivity contribution in [3.8, 4) is 0 Å². The highest BCUT2D eigenvalue weighted by atomic mass is 19.4. The molecule has 0 radical (unpaired) electrons. The number of halogens is 13. The van der Waals surface area contributed by atoms with E-state index >= 15 is 0 Å². The van der Waals surface area contributed by atoms with Crippen molar-refractivity contribution in [2.45, 2.75) is 439 Å². The van der Waals surface area contributed by atoms with Gasteiger partial charge in [0.15, 0.2) is 10.8 Å². The van der Waals surface area contributed by atoms with Gasteiger partial charge in [0, 0.05) is 97.3 Å². The van der Waals surface area contributed by atoms with Crippen LogP contribution in [0.5, 0.6) is 0 Å². The van der Waals surface area contributed by atoms with Crippen molar-refractivity contribution >= 4 is 41.8 Å². The van der Waals surface area contributed by atoms with Crippen molar-refractivity contribution < 1.29 is 180 Å². The number of alkyl halides is 13. The van der Waals surface area contributed by atoms with Crippen molar-refractivity contribution in [1.82, 2.24) is 0 Å². The van der Waals surface area contributed by atoms with Crippen LogP contribution in [0.2, 0.25) is 0 Å². The van der Waals surface area contributed by atoms with E-state index in [1.54, 1.807) is 0 Å². The highest BCUT2D eigenvalue weighted by Gasteiger charge is 2.71. The molecule has 146 heavy (non-hydrogen) atoms. The molecule has 38 heteroatoms. The predicted molar refractivity (Wildman–Crippen MR) is 497 cm³/mol. The highest BCUT2D eigenvalue weighted by molar-refractivity contribution is 5.80. The summed E-state index contributed by atoms with van der Waals surface area (Å²) < 4.78 is 205. The molecule has 11 N–H and O–H groups in total. The molecule has 28 rings (SSSR count). The summed E-state index contributed by atoms with van der Waals surface area (Å²) in [6, 6.07) is 0. The van der Waals surface area contributed by atoms with Crippen LogP contribution in [0.4, 0.5) is 57.1 Å². The maximum Gasteiger partial charge on any atom is 0.404 e. The minimum Gasteiger partial charge on any atom is -0.464 e. The summed E-state index contributed by atoms with van der Waals surface area (Å²) in [7, 11) is 0. The molecule has 0 saturated heterocycles. The number of aliphatic hydroxyl groups is 11. The Kier molecular flexibility index (Phi) is 29.9. The van der Waals surface area contributed by atoms with Crippen molar-refractivity contribution in [3.63, 3.8) is 0 Å². The first-order chi connectivity index (χ1) is 66.4. The van der Waals surface area contributed by atoms with Crippen LogP contribution in [0, 0.1) is 124 Å². The summed E-state index contributed by atoms with van der Waals surface area (Å²) in [5.41, 5.74) is -20.6. The third-order valence-electron chi connectivity index (χ3n) is 38.6. The van der Waals surface area contributed by atoms with Gasteiger partial charge in [-0.3, -0.25) is 9.59 Å². The van der Waals surface area contributed by atoms with E-state index in [2.05, 4.69) is 0 Å². The van der Waals surface area contributed by atoms with Crippen molar-refractivity contribution in [2.24, 2.45) is 124 Å². The van der Waals surface area contributed by atoms with Crippen LogP contribution in [0.3, 0.4) is 0 Å². The minimum atomic E-state index is -4.68. The van der Waals surface area contributed by atoms with Crippen LogP contribution in [-0.4, -0.2) is 250 Å². The molecule has 0 aliphatic heterocycles. The SMILES string of the molecule is CC(C)(C(=O)OCC12CC3CC(CC(CO)(C3)C1)C2)C(F)(F)F.CC(C)(C(=O)OCC12CC3CC(O)(CC(O)(C3)C1)C2)C(F)(F)F.CC(C)(F)C(=O)OCC12CC3CC(CC(CO)(C3)C1)C2.CC(C)(F)C(=O)OCC12CC3CC(O)(CC(O)(C3)C1)C2.CC(C)(F)C(=O)OCC12CC3CC(O)(CC(O)(C3)C1)C2.CC(F)(F)C(=O)OCC12CC3CC(CC(CO)(C3)C1)C2.CC(F)(F)C(=O)OCC12CC3CC(O)(CC(O)(C3)C1)C2. The fraction of sp³-hybridized carbons (Fsp3) is 0.935. The minimum absolute atomic E-state index is 0.00623. The number of hydrogen-bond acceptors (Lipinski definition) is 25. The van der Waals surface area contributed by atoms with E-state index in [9.17, 15) is 147 Å². The van der Waals surface area contributed by atoms with Crippen LogP contribution in [0.15, 0.2) is 0 Å². The molecule has 28 aliphatic rings. The highest BCUT2D eigenvalue weighted by Crippen LogP contribution is 2.72. The lowest BCUT2D eigenvalue weighted by Crippen LogP contribution is -2.64. The maximum absolute atomic E-state index is 13.6. The summed E-state index contributed by atoms with van der Waals surface area (Å²) in [6.45, 7) is 12.5. The third kappa shape index (κ3) is 24.6. The maximum atomic E-state index is 13.6. The Morgan fingerprint density at radius 3 is 0.507 bits per heavy atom. The summed E-state index contributed by atoms with van der Waals surface area (Å²) in [6.07, 6.45) is 22.7. The van der Waals surface area contributed by atoms with Gasteiger partial charge in [-0.1, -0.05) is 0 Å². The molecule has 25 nitrogen and oxygen atoms in total. The standard InChI is InChI=1S/C17H25F3O3.C16H23F3O4.C16H25FO3.C15H22F2O3.2C15H23FO4.C14H20F2O4/c1-14(2,17(18,19)20)13(22)23-10-16-6-11-3-12(7-16)5-15(4-11,8-16)9-21;1-12(2,16(17,18)19)11(20)23-9-13-3-10-4-14(21,6-13)8-15(22,5-10)7-13;1-14(2,17)13(19)20-10-16-6-11-3-12(7-16)5-15(4-11,8-16)9-18;1-13(16,17)12(19)20-9-15-5-10-2-11(6-15)4-14(3-10,7-15)8-18;2*1-12(2,16)11(17)20-9-13-3-10-4-14(18,6-13)8-15(19,5-10)7-13;1-11(15,16)10(17)20-8-12-2-9-3-13(18,5-12)7-14(19,4-9)6-12/h11-12,21H,3-10H2,1-2H3;10,21-22H,3-9H2,1-2H3;11-12,18H,3-10H2,1-2H3;10-11,18H,2-9H2,1H3;2*10,18-19H,3-9H2,1-2H3;9,18-19H,2-8H2,1H3. The molecular weight excluding hydrogens is 1940 g/mol. The topological polar surface area (TPSA) is 407 Å². The average molecular weight is 2110 g/mol. The summed E-state index contributed by atoms with van der Waals surface area (Å²) in [4.78, 5) is 81.2. The molecule has 28 aliphatic carbocycles. The van der Waals surface area contributed by atoms with E-state index in [0.717, 1.165) is 175 Å². The summed E-state index contributed by atoms with van der Waals surface area (Å²) >= 11 is 0. The molecule has 14 unspecified atom stereocenters. The predicted octanol–water partition coefficient (Wildman–Crippen LogP) is 17.0. The van der Waals surface area contributed by atoms with Crippen LogP contribution in [-0.2, 0) is 66.7 Å². The van der Waals surface area contributed by atoms with Gasteiger partial charge in [0.1, 0.15) is 0 Å². The molecule has 28 saturated carbocycles. The number of carbonyl (C=O) groups excluding carboxylic acids is 7. The fourth-order valence-electron chi connectivity index (χ4n) is 36.7. The fourth-order valence-corrected chi connectivity index (χ4v) is 36.7. The quantitative estimate of drug-likeness (QED) is 0.0243. The van der Waals surface area contributed by atoms with Gasteiger partial charge in [-0.05, 0) is 389 Å². The average Bonchev–Trinajstić information content (AvgIpc) is 0.713. The molecule has 0 aromatic heterocycles. The Morgan fingerprint density at radius 1 is 0.205 bits per heavy atom. The zero-order chi connectivity index (χ0) is 108. The molecule has 0 heterocycles. The van der Waals surface area contributed by atoms with Gasteiger partial charge in [-0.2, -0.15) is 43.9 Å². The molecule has 0 amide bonds. The lowest BCUT2D eigenvalue weighted by molar-refractivity contribution is -0.249. The first-order valence-corrected chi connectivity index (χ1v) is 53.2. The van der Waals surface area contributed by atoms with E-state index < -0.39 is 149 Å². The number of esters is 7. The van der Waals surface area contributed by atoms with Gasteiger partial charge in [0.2, 0.25) is 17.0 Å². The van der Waals surface area contributed by atoms with Crippen LogP contribution >= 0.6 is 0 Å². The van der Waals surface area contributed by atoms with Gasteiger partial charge in [-0.25, -0.2) is 37.1 Å². The number of carbonyl (C=O) groups is 7. The van der Waals surface area contributed by atoms with Gasteiger partial charge in [-0.15, -0.1) is 0 Å². The van der Waals surface area contributed by atoms with Gasteiger partial charge < -0.3 is 89.3 Å². The van der Waals surface area contributed by atoms with E-state index in [1.807, 2.05) is 0 Å². The van der Waals surface area contributed by atoms with Crippen LogP contribution in [0.25, 0.3) is 0 Å². The van der Waals surface area contributed by atoms with E-state index in [1.165, 1.54) is 54.4 Å². The number of rotatable bonds is 24. The lowest BCUT2D eigenvalue weighted by atomic mass is 9.44. The second-order valence-electron chi connectivity index (χ2n) is 56.7. The molecule has 28 bridgehead atoms. The van der Waals surface area contributed by atoms with Crippen molar-refractivity contribution in [1.29, 1.82) is 0 Å². The molecule has 0 spiro atoms. The van der Waals surface area contributed by atoms with E-state index in [4.69, 9.17) is 33.2 Å². The van der Waals surface area contributed by atoms with Crippen molar-refractivity contribution in [3.05, 3.63) is 0 Å². The normalized spacial score (nSPS) is 43.8. The van der Waals surface area contributed by atoms with E-state index in [-0.39, 0.29) is 126 Å². The molecular formula is C108H161F13O25. The summed E-state index contributed by atoms with van der Waals surface area (Å²) in [5.74, 6) is -10.6. The smallest absolute Gasteiger partial charge is 0.404 e. The second kappa shape index (κ2) is 37.9. The van der Waals surface area contributed by atoms with Crippen LogP contribution < -0.4 is 0 Å². The molecule has 834 valence electrons. The Morgan fingerprint density at radius 2 is 0.356 bits per heavy atom. The Bertz CT molecular complexity index is 4440. The first-order valence-electron chi connectivity index (χ1n) is 53.2. The molecule has 14 atom stereocenters. The molecule has 0 aromatic rings. The Balaban J connectivity index is 0.000000128. The van der Waals surface area contributed by atoms with Gasteiger partial charge in [0.05, 0.1) is 91.1 Å². The van der Waals surface area contributed by atoms with Gasteiger partial charge >= 0.3 is 66.0 Å². The number of hydrogen-bond donors (Lipinski definition) is 11. The second-order valence-corrected chi connectivity index (χ2v) is 56.7. The molecule has 0 aromatic carbocycles. The monoisotopic (exact) mass is 2110 g/mol. The molecule has 28 fully saturated rings. The third-order valence-corrected chi connectivity index (χ3v) is 38.6. The van der Waals surface area contributed by atoms with Crippen LogP contribution in [0.1, 0.15) is 353 Å². The zero-order valence-electron chi connectivity index (χ0n) is 87.1. The summed E-state index contributed by atoms with van der Waals surface area (Å²) in [5, 5.41) is 114. The Labute approximate surface area is 847 Å². The zero-order valence-corrected chi connectivity index (χ0v) is 87.1. The largest absolute Gasteiger partial charge is 0.464 e. The first kappa shape index (κ1) is 115. The number of ether oxygens (including phenoxy) is 7. The van der Waals surface area contributed by atoms with E-state index in [0.29, 0.717) is 165 Å².